The largest absolute Gasteiger partial charge is 0.278 e. The van der Waals surface area contributed by atoms with Gasteiger partial charge in [-0.2, -0.15) is 0 Å². The minimum absolute atomic E-state index is 0.0206. The summed E-state index contributed by atoms with van der Waals surface area (Å²) in [5.41, 5.74) is 1.20. The predicted molar refractivity (Wildman–Crippen MR) is 106 cm³/mol. The number of para-hydroxylation sites is 1. The zero-order chi connectivity index (χ0) is 19.9. The first-order valence-corrected chi connectivity index (χ1v) is 10.1. The van der Waals surface area contributed by atoms with E-state index in [0.29, 0.717) is 16.8 Å². The number of carbonyl (C=O) groups is 2. The van der Waals surface area contributed by atoms with Gasteiger partial charge in [-0.3, -0.25) is 14.3 Å². The van der Waals surface area contributed by atoms with Gasteiger partial charge in [0, 0.05) is 0 Å². The molecule has 0 atom stereocenters. The highest BCUT2D eigenvalue weighted by atomic mass is 35.5. The summed E-state index contributed by atoms with van der Waals surface area (Å²) in [5.74, 6) is -0.879. The van der Waals surface area contributed by atoms with Crippen molar-refractivity contribution in [1.29, 1.82) is 0 Å². The van der Waals surface area contributed by atoms with Gasteiger partial charge in [0.05, 0.1) is 32.4 Å². The molecule has 28 heavy (non-hydrogen) atoms. The monoisotopic (exact) mass is 412 g/mol. The molecule has 8 heteroatoms. The fourth-order valence-electron chi connectivity index (χ4n) is 2.95. The van der Waals surface area contributed by atoms with Gasteiger partial charge in [0.1, 0.15) is 0 Å². The molecule has 0 spiro atoms. The highest BCUT2D eigenvalue weighted by Gasteiger charge is 2.36. The molecule has 0 aliphatic carbocycles. The Bertz CT molecular complexity index is 1170. The summed E-state index contributed by atoms with van der Waals surface area (Å²) < 4.78 is 27.6. The molecule has 6 nitrogen and oxygen atoms in total. The zero-order valence-corrected chi connectivity index (χ0v) is 15.9. The SMILES string of the molecule is O=C1c2ccccc2C(=O)N1c1ccc(S(=O)(=O)Nc2ccccc2Cl)cc1. The number of hydrogen-bond donors (Lipinski definition) is 1. The van der Waals surface area contributed by atoms with Gasteiger partial charge >= 0.3 is 0 Å². The minimum Gasteiger partial charge on any atom is -0.278 e. The Hall–Kier alpha value is -3.16. The van der Waals surface area contributed by atoms with Gasteiger partial charge < -0.3 is 0 Å². The van der Waals surface area contributed by atoms with Crippen LogP contribution >= 0.6 is 11.6 Å². The van der Waals surface area contributed by atoms with Crippen LogP contribution in [-0.2, 0) is 10.0 Å². The smallest absolute Gasteiger partial charge is 0.266 e. The van der Waals surface area contributed by atoms with Crippen molar-refractivity contribution in [2.75, 3.05) is 9.62 Å². The molecule has 140 valence electrons. The summed E-state index contributed by atoms with van der Waals surface area (Å²) in [7, 11) is -3.88. The van der Waals surface area contributed by atoms with Crippen LogP contribution in [0.15, 0.2) is 77.7 Å². The van der Waals surface area contributed by atoms with E-state index in [1.54, 1.807) is 48.5 Å². The highest BCUT2D eigenvalue weighted by molar-refractivity contribution is 7.92. The zero-order valence-electron chi connectivity index (χ0n) is 14.3. The molecule has 0 saturated carbocycles. The molecule has 0 bridgehead atoms. The van der Waals surface area contributed by atoms with Crippen molar-refractivity contribution >= 4 is 44.8 Å². The standard InChI is InChI=1S/C20H13ClN2O4S/c21-17-7-3-4-8-18(17)22-28(26,27)14-11-9-13(10-12-14)23-19(24)15-5-1-2-6-16(15)20(23)25/h1-12,22H. The predicted octanol–water partition coefficient (Wildman–Crippen LogP) is 3.94. The van der Waals surface area contributed by atoms with E-state index in [0.717, 1.165) is 4.90 Å². The van der Waals surface area contributed by atoms with Crippen LogP contribution in [0.4, 0.5) is 11.4 Å². The molecular weight excluding hydrogens is 400 g/mol. The maximum Gasteiger partial charge on any atom is 0.266 e. The van der Waals surface area contributed by atoms with Crippen molar-refractivity contribution in [2.24, 2.45) is 0 Å². The lowest BCUT2D eigenvalue weighted by molar-refractivity contribution is 0.0926. The van der Waals surface area contributed by atoms with E-state index in [2.05, 4.69) is 4.72 Å². The second-order valence-corrected chi connectivity index (χ2v) is 8.16. The van der Waals surface area contributed by atoms with Gasteiger partial charge in [0.2, 0.25) is 0 Å². The lowest BCUT2D eigenvalue weighted by Gasteiger charge is -2.15. The Morgan fingerprint density at radius 3 is 1.86 bits per heavy atom. The van der Waals surface area contributed by atoms with Crippen molar-refractivity contribution in [2.45, 2.75) is 4.90 Å². The van der Waals surface area contributed by atoms with Gasteiger partial charge in [-0.25, -0.2) is 13.3 Å². The van der Waals surface area contributed by atoms with E-state index in [1.165, 1.54) is 24.3 Å². The molecule has 1 N–H and O–H groups in total. The molecule has 3 aromatic carbocycles. The molecule has 2 amide bonds. The molecule has 4 rings (SSSR count). The van der Waals surface area contributed by atoms with E-state index >= 15 is 0 Å². The van der Waals surface area contributed by atoms with Gasteiger partial charge in [-0.15, -0.1) is 0 Å². The summed E-state index contributed by atoms with van der Waals surface area (Å²) in [6.45, 7) is 0. The molecule has 3 aromatic rings. The number of anilines is 2. The number of nitrogens with one attached hydrogen (secondary N) is 1. The average Bonchev–Trinajstić information content (AvgIpc) is 2.95. The third kappa shape index (κ3) is 3.04. The molecule has 0 aromatic heterocycles. The van der Waals surface area contributed by atoms with Crippen LogP contribution < -0.4 is 9.62 Å². The van der Waals surface area contributed by atoms with Gasteiger partial charge in [0.25, 0.3) is 21.8 Å². The van der Waals surface area contributed by atoms with Crippen molar-refractivity contribution in [3.8, 4) is 0 Å². The summed E-state index contributed by atoms with van der Waals surface area (Å²) >= 11 is 6.00. The maximum absolute atomic E-state index is 12.6. The number of rotatable bonds is 4. The number of amides is 2. The number of halogens is 1. The van der Waals surface area contributed by atoms with E-state index < -0.39 is 21.8 Å². The van der Waals surface area contributed by atoms with Gasteiger partial charge in [-0.1, -0.05) is 35.9 Å². The van der Waals surface area contributed by atoms with Gasteiger partial charge in [-0.05, 0) is 48.5 Å². The van der Waals surface area contributed by atoms with Crippen LogP contribution in [-0.4, -0.2) is 20.2 Å². The first kappa shape index (κ1) is 18.2. The summed E-state index contributed by atoms with van der Waals surface area (Å²) in [6.07, 6.45) is 0. The summed E-state index contributed by atoms with van der Waals surface area (Å²) in [4.78, 5) is 26.1. The fraction of sp³-hybridized carbons (Fsp3) is 0. The molecule has 0 radical (unpaired) electrons. The number of nitrogens with zero attached hydrogens (tertiary/aromatic N) is 1. The maximum atomic E-state index is 12.6. The van der Waals surface area contributed by atoms with Crippen LogP contribution in [0.5, 0.6) is 0 Å². The molecule has 1 heterocycles. The Morgan fingerprint density at radius 1 is 0.750 bits per heavy atom. The fourth-order valence-corrected chi connectivity index (χ4v) is 4.26. The number of sulfonamides is 1. The average molecular weight is 413 g/mol. The summed E-state index contributed by atoms with van der Waals surface area (Å²) in [6, 6.07) is 18.5. The molecule has 0 fully saturated rings. The number of carbonyl (C=O) groups excluding carboxylic acids is 2. The Kier molecular flexibility index (Phi) is 4.41. The third-order valence-electron chi connectivity index (χ3n) is 4.32. The van der Waals surface area contributed by atoms with E-state index in [9.17, 15) is 18.0 Å². The minimum atomic E-state index is -3.88. The van der Waals surface area contributed by atoms with Crippen LogP contribution in [0.25, 0.3) is 0 Å². The van der Waals surface area contributed by atoms with Crippen molar-refractivity contribution < 1.29 is 18.0 Å². The van der Waals surface area contributed by atoms with Gasteiger partial charge in [0.15, 0.2) is 0 Å². The first-order valence-electron chi connectivity index (χ1n) is 8.24. The van der Waals surface area contributed by atoms with E-state index in [-0.39, 0.29) is 15.6 Å². The van der Waals surface area contributed by atoms with Crippen molar-refractivity contribution in [3.05, 3.63) is 88.9 Å². The van der Waals surface area contributed by atoms with Crippen LogP contribution in [0.2, 0.25) is 5.02 Å². The number of hydrogen-bond acceptors (Lipinski definition) is 4. The second kappa shape index (κ2) is 6.78. The second-order valence-electron chi connectivity index (χ2n) is 6.07. The highest BCUT2D eigenvalue weighted by Crippen LogP contribution is 2.30. The molecule has 1 aliphatic rings. The lowest BCUT2D eigenvalue weighted by atomic mass is 10.1. The normalized spacial score (nSPS) is 13.5. The van der Waals surface area contributed by atoms with Crippen LogP contribution in [0, 0.1) is 0 Å². The van der Waals surface area contributed by atoms with E-state index in [1.807, 2.05) is 0 Å². The number of benzene rings is 3. The first-order chi connectivity index (χ1) is 13.4. The lowest BCUT2D eigenvalue weighted by Crippen LogP contribution is -2.29. The molecular formula is C20H13ClN2O4S. The van der Waals surface area contributed by atoms with Crippen molar-refractivity contribution in [3.63, 3.8) is 0 Å². The quantitative estimate of drug-likeness (QED) is 0.658. The van der Waals surface area contributed by atoms with Crippen LogP contribution in [0.3, 0.4) is 0 Å². The Morgan fingerprint density at radius 2 is 1.29 bits per heavy atom. The third-order valence-corrected chi connectivity index (χ3v) is 6.03. The Labute approximate surface area is 166 Å². The van der Waals surface area contributed by atoms with Crippen LogP contribution in [0.1, 0.15) is 20.7 Å². The molecule has 0 saturated heterocycles. The number of imide groups is 1. The van der Waals surface area contributed by atoms with Crippen molar-refractivity contribution in [1.82, 2.24) is 0 Å². The molecule has 1 aliphatic heterocycles. The topological polar surface area (TPSA) is 83.6 Å². The molecule has 0 unspecified atom stereocenters. The summed E-state index contributed by atoms with van der Waals surface area (Å²) in [5, 5.41) is 0.272. The number of fused-ring (bicyclic) bond motifs is 1. The van der Waals surface area contributed by atoms with E-state index in [4.69, 9.17) is 11.6 Å². The Balaban J connectivity index is 1.62.